The fraction of sp³-hybridized carbons (Fsp3) is 0.417. The van der Waals surface area contributed by atoms with Gasteiger partial charge in [-0.25, -0.2) is 0 Å². The molecule has 3 heteroatoms. The van der Waals surface area contributed by atoms with Gasteiger partial charge < -0.3 is 10.3 Å². The van der Waals surface area contributed by atoms with Crippen LogP contribution in [0.1, 0.15) is 28.0 Å². The molecular weight excluding hydrogens is 188 g/mol. The second kappa shape index (κ2) is 2.03. The van der Waals surface area contributed by atoms with E-state index in [0.717, 1.165) is 17.9 Å². The SMILES string of the molecule is Cc1c[nH]c2c1[C@@]13CC1CNC3=CC2=O. The number of carbonyl (C=O) groups excluding carboxylic acids is 1. The van der Waals surface area contributed by atoms with Crippen LogP contribution < -0.4 is 5.32 Å². The summed E-state index contributed by atoms with van der Waals surface area (Å²) in [6.07, 6.45) is 4.96. The van der Waals surface area contributed by atoms with Crippen molar-refractivity contribution in [3.8, 4) is 0 Å². The molecule has 1 saturated carbocycles. The standard InChI is InChI=1S/C12H12N2O/c1-6-4-14-11-8(15)2-9-12(10(6)11)3-7(12)5-13-9/h2,4,7,13-14H,3,5H2,1H3/t7?,12-/m0/s1. The van der Waals surface area contributed by atoms with Gasteiger partial charge in [-0.3, -0.25) is 4.79 Å². The Hall–Kier alpha value is -1.51. The van der Waals surface area contributed by atoms with Gasteiger partial charge in [0.15, 0.2) is 0 Å². The minimum Gasteiger partial charge on any atom is -0.387 e. The third-order valence-electron chi connectivity index (χ3n) is 4.17. The lowest BCUT2D eigenvalue weighted by molar-refractivity contribution is 0.103. The number of carbonyl (C=O) groups is 1. The minimum absolute atomic E-state index is 0.124. The van der Waals surface area contributed by atoms with E-state index >= 15 is 0 Å². The van der Waals surface area contributed by atoms with Gasteiger partial charge in [-0.1, -0.05) is 0 Å². The lowest BCUT2D eigenvalue weighted by atomic mass is 9.84. The smallest absolute Gasteiger partial charge is 0.204 e. The van der Waals surface area contributed by atoms with Crippen LogP contribution in [-0.2, 0) is 5.41 Å². The van der Waals surface area contributed by atoms with Gasteiger partial charge in [-0.2, -0.15) is 0 Å². The number of H-pyrrole nitrogens is 1. The third-order valence-corrected chi connectivity index (χ3v) is 4.17. The van der Waals surface area contributed by atoms with Crippen molar-refractivity contribution in [2.24, 2.45) is 5.92 Å². The first kappa shape index (κ1) is 7.74. The first-order valence-electron chi connectivity index (χ1n) is 5.42. The lowest BCUT2D eigenvalue weighted by Crippen LogP contribution is -2.25. The van der Waals surface area contributed by atoms with Crippen molar-refractivity contribution in [2.45, 2.75) is 18.8 Å². The number of nitrogens with one attached hydrogen (secondary N) is 2. The van der Waals surface area contributed by atoms with E-state index in [1.807, 2.05) is 6.20 Å². The molecule has 0 amide bonds. The van der Waals surface area contributed by atoms with E-state index in [9.17, 15) is 4.79 Å². The fourth-order valence-corrected chi connectivity index (χ4v) is 3.41. The molecule has 1 spiro atoms. The van der Waals surface area contributed by atoms with Crippen molar-refractivity contribution in [3.05, 3.63) is 34.8 Å². The number of piperidine rings is 1. The average molecular weight is 200 g/mol. The van der Waals surface area contributed by atoms with E-state index in [0.29, 0.717) is 5.92 Å². The van der Waals surface area contributed by atoms with Gasteiger partial charge in [0.05, 0.1) is 5.69 Å². The van der Waals surface area contributed by atoms with Crippen LogP contribution in [0.2, 0.25) is 0 Å². The molecule has 4 rings (SSSR count). The molecule has 0 aromatic carbocycles. The normalized spacial score (nSPS) is 35.1. The molecule has 3 aliphatic rings. The number of aryl methyl sites for hydroxylation is 1. The summed E-state index contributed by atoms with van der Waals surface area (Å²) in [6, 6.07) is 0. The Morgan fingerprint density at radius 1 is 1.53 bits per heavy atom. The summed E-state index contributed by atoms with van der Waals surface area (Å²) >= 11 is 0. The van der Waals surface area contributed by atoms with Gasteiger partial charge >= 0.3 is 0 Å². The number of aromatic nitrogens is 1. The van der Waals surface area contributed by atoms with Gasteiger partial charge in [0.1, 0.15) is 0 Å². The van der Waals surface area contributed by atoms with Crippen LogP contribution in [0.3, 0.4) is 0 Å². The van der Waals surface area contributed by atoms with Crippen LogP contribution in [0.5, 0.6) is 0 Å². The van der Waals surface area contributed by atoms with Crippen LogP contribution in [-0.4, -0.2) is 17.3 Å². The van der Waals surface area contributed by atoms with E-state index < -0.39 is 0 Å². The Kier molecular flexibility index (Phi) is 1.05. The van der Waals surface area contributed by atoms with Crippen molar-refractivity contribution < 1.29 is 4.79 Å². The van der Waals surface area contributed by atoms with E-state index in [4.69, 9.17) is 0 Å². The van der Waals surface area contributed by atoms with Crippen molar-refractivity contribution >= 4 is 5.78 Å². The zero-order valence-electron chi connectivity index (χ0n) is 8.55. The molecule has 1 aliphatic heterocycles. The first-order chi connectivity index (χ1) is 7.23. The van der Waals surface area contributed by atoms with Crippen LogP contribution in [0.4, 0.5) is 0 Å². The summed E-state index contributed by atoms with van der Waals surface area (Å²) in [7, 11) is 0. The molecule has 0 bridgehead atoms. The molecule has 1 aromatic rings. The second-order valence-corrected chi connectivity index (χ2v) is 4.90. The molecule has 3 nitrogen and oxygen atoms in total. The molecule has 2 atom stereocenters. The molecule has 15 heavy (non-hydrogen) atoms. The number of fused-ring (bicyclic) bond motifs is 1. The number of allylic oxidation sites excluding steroid dienone is 2. The Morgan fingerprint density at radius 3 is 3.20 bits per heavy atom. The maximum Gasteiger partial charge on any atom is 0.204 e. The number of hydrogen-bond acceptors (Lipinski definition) is 2. The predicted molar refractivity (Wildman–Crippen MR) is 55.7 cm³/mol. The summed E-state index contributed by atoms with van der Waals surface area (Å²) in [5.74, 6) is 0.837. The van der Waals surface area contributed by atoms with Crippen LogP contribution in [0.15, 0.2) is 18.0 Å². The highest BCUT2D eigenvalue weighted by Gasteiger charge is 2.64. The maximum absolute atomic E-state index is 11.9. The van der Waals surface area contributed by atoms with Crippen LogP contribution >= 0.6 is 0 Å². The Labute approximate surface area is 87.6 Å². The van der Waals surface area contributed by atoms with Gasteiger partial charge in [-0.05, 0) is 30.4 Å². The lowest BCUT2D eigenvalue weighted by Gasteiger charge is -2.21. The number of ketones is 1. The number of hydrogen-bond donors (Lipinski definition) is 2. The Bertz CT molecular complexity index is 526. The summed E-state index contributed by atoms with van der Waals surface area (Å²) in [6.45, 7) is 3.12. The summed E-state index contributed by atoms with van der Waals surface area (Å²) in [4.78, 5) is 15.0. The third kappa shape index (κ3) is 0.664. The van der Waals surface area contributed by atoms with E-state index in [2.05, 4.69) is 17.2 Å². The molecule has 1 aromatic heterocycles. The number of rotatable bonds is 0. The van der Waals surface area contributed by atoms with Gasteiger partial charge in [-0.15, -0.1) is 0 Å². The molecule has 1 saturated heterocycles. The average Bonchev–Trinajstić information content (AvgIpc) is 2.61. The van der Waals surface area contributed by atoms with Crippen molar-refractivity contribution in [1.82, 2.24) is 10.3 Å². The van der Waals surface area contributed by atoms with Gasteiger partial charge in [0.25, 0.3) is 0 Å². The molecular formula is C12H12N2O. The summed E-state index contributed by atoms with van der Waals surface area (Å²) in [5, 5.41) is 3.36. The molecule has 2 fully saturated rings. The first-order valence-corrected chi connectivity index (χ1v) is 5.42. The Balaban J connectivity index is 2.07. The molecule has 0 radical (unpaired) electrons. The van der Waals surface area contributed by atoms with Gasteiger partial charge in [0, 0.05) is 29.9 Å². The second-order valence-electron chi connectivity index (χ2n) is 4.90. The van der Waals surface area contributed by atoms with E-state index in [1.165, 1.54) is 17.5 Å². The molecule has 2 heterocycles. The van der Waals surface area contributed by atoms with Crippen LogP contribution in [0.25, 0.3) is 0 Å². The topological polar surface area (TPSA) is 44.9 Å². The van der Waals surface area contributed by atoms with Gasteiger partial charge in [0.2, 0.25) is 5.78 Å². The van der Waals surface area contributed by atoms with Crippen molar-refractivity contribution in [1.29, 1.82) is 0 Å². The highest BCUT2D eigenvalue weighted by molar-refractivity contribution is 6.07. The minimum atomic E-state index is 0.124. The monoisotopic (exact) mass is 200 g/mol. The zero-order valence-corrected chi connectivity index (χ0v) is 8.55. The quantitative estimate of drug-likeness (QED) is 0.662. The highest BCUT2D eigenvalue weighted by Crippen LogP contribution is 2.64. The maximum atomic E-state index is 11.9. The Morgan fingerprint density at radius 2 is 2.40 bits per heavy atom. The molecule has 1 unspecified atom stereocenters. The summed E-state index contributed by atoms with van der Waals surface area (Å²) < 4.78 is 0. The van der Waals surface area contributed by atoms with Crippen LogP contribution in [0, 0.1) is 12.8 Å². The van der Waals surface area contributed by atoms with Crippen molar-refractivity contribution in [2.75, 3.05) is 6.54 Å². The summed E-state index contributed by atoms with van der Waals surface area (Å²) in [5.41, 5.74) is 4.66. The predicted octanol–water partition coefficient (Wildman–Crippen LogP) is 1.26. The highest BCUT2D eigenvalue weighted by atomic mass is 16.1. The largest absolute Gasteiger partial charge is 0.387 e. The van der Waals surface area contributed by atoms with Crippen molar-refractivity contribution in [3.63, 3.8) is 0 Å². The van der Waals surface area contributed by atoms with E-state index in [-0.39, 0.29) is 11.2 Å². The van der Waals surface area contributed by atoms with E-state index in [1.54, 1.807) is 6.08 Å². The fourth-order valence-electron chi connectivity index (χ4n) is 3.41. The molecule has 2 N–H and O–H groups in total. The molecule has 76 valence electrons. The zero-order chi connectivity index (χ0) is 10.2. The molecule has 2 aliphatic carbocycles. The number of aromatic amines is 1.